The van der Waals surface area contributed by atoms with Crippen LogP contribution in [0.5, 0.6) is 5.75 Å². The maximum Gasteiger partial charge on any atom is 0.266 e. The summed E-state index contributed by atoms with van der Waals surface area (Å²) in [4.78, 5) is 17.8. The second kappa shape index (κ2) is 8.80. The molecular formula is C22H16BrFN2O2S. The lowest BCUT2D eigenvalue weighted by Crippen LogP contribution is -2.22. The zero-order chi connectivity index (χ0) is 20.2. The molecule has 0 amide bonds. The fourth-order valence-corrected chi connectivity index (χ4v) is 4.08. The fraction of sp³-hybridized carbons (Fsp3) is 0.0909. The Morgan fingerprint density at radius 2 is 1.83 bits per heavy atom. The maximum absolute atomic E-state index is 13.4. The third-order valence-corrected chi connectivity index (χ3v) is 5.61. The Balaban J connectivity index is 1.62. The van der Waals surface area contributed by atoms with Crippen LogP contribution in [0.2, 0.25) is 0 Å². The lowest BCUT2D eigenvalue weighted by Gasteiger charge is -2.13. The molecule has 0 N–H and O–H groups in total. The van der Waals surface area contributed by atoms with Crippen molar-refractivity contribution in [3.05, 3.63) is 93.4 Å². The summed E-state index contributed by atoms with van der Waals surface area (Å²) in [6, 6.07) is 20.7. The number of ether oxygens (including phenoxy) is 1. The first kappa shape index (κ1) is 19.7. The predicted octanol–water partition coefficient (Wildman–Crippen LogP) is 5.46. The van der Waals surface area contributed by atoms with E-state index in [0.29, 0.717) is 34.1 Å². The molecule has 3 aromatic carbocycles. The summed E-state index contributed by atoms with van der Waals surface area (Å²) in [7, 11) is 0. The molecule has 4 rings (SSSR count). The molecule has 0 saturated carbocycles. The molecule has 0 fully saturated rings. The van der Waals surface area contributed by atoms with Crippen LogP contribution in [0.25, 0.3) is 16.6 Å². The minimum atomic E-state index is -0.354. The fourth-order valence-electron chi connectivity index (χ4n) is 2.88. The summed E-state index contributed by atoms with van der Waals surface area (Å²) in [6.45, 7) is 0.452. The number of hydrogen-bond acceptors (Lipinski definition) is 4. The van der Waals surface area contributed by atoms with Gasteiger partial charge in [-0.3, -0.25) is 9.36 Å². The van der Waals surface area contributed by atoms with E-state index in [1.807, 2.05) is 36.4 Å². The summed E-state index contributed by atoms with van der Waals surface area (Å²) < 4.78 is 21.6. The molecule has 146 valence electrons. The van der Waals surface area contributed by atoms with Crippen molar-refractivity contribution in [1.29, 1.82) is 0 Å². The smallest absolute Gasteiger partial charge is 0.266 e. The third kappa shape index (κ3) is 4.52. The Morgan fingerprint density at radius 3 is 2.62 bits per heavy atom. The molecule has 0 unspecified atom stereocenters. The minimum absolute atomic E-state index is 0.183. The Labute approximate surface area is 179 Å². The van der Waals surface area contributed by atoms with Crippen molar-refractivity contribution in [2.75, 3.05) is 12.4 Å². The van der Waals surface area contributed by atoms with Gasteiger partial charge in [0.1, 0.15) is 11.6 Å². The largest absolute Gasteiger partial charge is 0.493 e. The Bertz CT molecular complexity index is 1210. The van der Waals surface area contributed by atoms with Crippen molar-refractivity contribution in [2.45, 2.75) is 5.16 Å². The van der Waals surface area contributed by atoms with Crippen LogP contribution in [-0.4, -0.2) is 21.9 Å². The van der Waals surface area contributed by atoms with E-state index in [1.54, 1.807) is 24.3 Å². The van der Waals surface area contributed by atoms with Gasteiger partial charge in [0.2, 0.25) is 0 Å². The first-order valence-corrected chi connectivity index (χ1v) is 10.7. The molecule has 7 heteroatoms. The van der Waals surface area contributed by atoms with Gasteiger partial charge >= 0.3 is 0 Å². The van der Waals surface area contributed by atoms with Crippen molar-refractivity contribution in [2.24, 2.45) is 0 Å². The van der Waals surface area contributed by atoms with Gasteiger partial charge in [-0.1, -0.05) is 45.9 Å². The number of aromatic nitrogens is 2. The lowest BCUT2D eigenvalue weighted by molar-refractivity contribution is 0.343. The molecule has 0 bridgehead atoms. The van der Waals surface area contributed by atoms with Crippen LogP contribution >= 0.6 is 27.7 Å². The molecule has 4 aromatic rings. The Kier molecular flexibility index (Phi) is 5.97. The number of fused-ring (bicyclic) bond motifs is 1. The van der Waals surface area contributed by atoms with Crippen molar-refractivity contribution in [1.82, 2.24) is 9.55 Å². The van der Waals surface area contributed by atoms with Gasteiger partial charge in [0.25, 0.3) is 5.56 Å². The second-order valence-electron chi connectivity index (χ2n) is 6.18. The van der Waals surface area contributed by atoms with Crippen LogP contribution in [-0.2, 0) is 0 Å². The Morgan fingerprint density at radius 1 is 1.03 bits per heavy atom. The molecule has 0 aliphatic heterocycles. The normalized spacial score (nSPS) is 11.0. The molecule has 1 heterocycles. The molecule has 0 aliphatic rings. The van der Waals surface area contributed by atoms with Crippen LogP contribution in [0.1, 0.15) is 0 Å². The van der Waals surface area contributed by atoms with Crippen LogP contribution in [0.3, 0.4) is 0 Å². The van der Waals surface area contributed by atoms with Gasteiger partial charge in [0.15, 0.2) is 5.16 Å². The summed E-state index contributed by atoms with van der Waals surface area (Å²) in [5, 5.41) is 1.06. The molecule has 0 saturated heterocycles. The number of nitrogens with zero attached hydrogens (tertiary/aromatic N) is 2. The van der Waals surface area contributed by atoms with Crippen LogP contribution in [0.15, 0.2) is 87.2 Å². The van der Waals surface area contributed by atoms with Crippen LogP contribution in [0.4, 0.5) is 4.39 Å². The van der Waals surface area contributed by atoms with E-state index in [2.05, 4.69) is 20.9 Å². The zero-order valence-electron chi connectivity index (χ0n) is 15.2. The van der Waals surface area contributed by atoms with Gasteiger partial charge in [-0.2, -0.15) is 0 Å². The molecule has 4 nitrogen and oxygen atoms in total. The van der Waals surface area contributed by atoms with Gasteiger partial charge in [-0.05, 0) is 54.6 Å². The average Bonchev–Trinajstić information content (AvgIpc) is 2.72. The number of benzene rings is 3. The molecule has 29 heavy (non-hydrogen) atoms. The highest BCUT2D eigenvalue weighted by atomic mass is 79.9. The SMILES string of the molecule is O=c1c2ccccc2nc(SCCOc2cccc(Br)c2)n1-c1ccc(F)cc1. The first-order chi connectivity index (χ1) is 14.1. The van der Waals surface area contributed by atoms with E-state index in [0.717, 1.165) is 10.2 Å². The standard InChI is InChI=1S/C22H16BrFN2O2S/c23-15-4-3-5-18(14-15)28-12-13-29-22-25-20-7-2-1-6-19(20)21(27)26(22)17-10-8-16(24)9-11-17/h1-11,14H,12-13H2. The molecule has 0 atom stereocenters. The lowest BCUT2D eigenvalue weighted by atomic mass is 10.2. The van der Waals surface area contributed by atoms with Crippen molar-refractivity contribution in [3.63, 3.8) is 0 Å². The molecule has 0 aliphatic carbocycles. The quantitative estimate of drug-likeness (QED) is 0.213. The number of hydrogen-bond donors (Lipinski definition) is 0. The second-order valence-corrected chi connectivity index (χ2v) is 8.16. The van der Waals surface area contributed by atoms with Crippen molar-refractivity contribution in [3.8, 4) is 11.4 Å². The summed E-state index contributed by atoms with van der Waals surface area (Å²) >= 11 is 4.84. The molecule has 1 aromatic heterocycles. The maximum atomic E-state index is 13.4. The topological polar surface area (TPSA) is 44.1 Å². The van der Waals surface area contributed by atoms with E-state index in [-0.39, 0.29) is 11.4 Å². The highest BCUT2D eigenvalue weighted by Gasteiger charge is 2.13. The highest BCUT2D eigenvalue weighted by Crippen LogP contribution is 2.22. The van der Waals surface area contributed by atoms with Crippen LogP contribution < -0.4 is 10.3 Å². The van der Waals surface area contributed by atoms with Gasteiger partial charge < -0.3 is 4.74 Å². The van der Waals surface area contributed by atoms with E-state index in [1.165, 1.54) is 28.5 Å². The van der Waals surface area contributed by atoms with E-state index in [9.17, 15) is 9.18 Å². The van der Waals surface area contributed by atoms with Gasteiger partial charge in [-0.15, -0.1) is 0 Å². The molecular weight excluding hydrogens is 455 g/mol. The predicted molar refractivity (Wildman–Crippen MR) is 118 cm³/mol. The first-order valence-electron chi connectivity index (χ1n) is 8.91. The summed E-state index contributed by atoms with van der Waals surface area (Å²) in [5.41, 5.74) is 1.02. The monoisotopic (exact) mass is 470 g/mol. The van der Waals surface area contributed by atoms with Gasteiger partial charge in [-0.25, -0.2) is 9.37 Å². The van der Waals surface area contributed by atoms with E-state index >= 15 is 0 Å². The number of rotatable bonds is 6. The zero-order valence-corrected chi connectivity index (χ0v) is 17.6. The van der Waals surface area contributed by atoms with E-state index < -0.39 is 0 Å². The average molecular weight is 471 g/mol. The highest BCUT2D eigenvalue weighted by molar-refractivity contribution is 9.10. The summed E-state index contributed by atoms with van der Waals surface area (Å²) in [5.74, 6) is 1.01. The van der Waals surface area contributed by atoms with Crippen LogP contribution in [0, 0.1) is 5.82 Å². The number of halogens is 2. The molecule has 0 spiro atoms. The number of para-hydroxylation sites is 1. The third-order valence-electron chi connectivity index (χ3n) is 4.21. The van der Waals surface area contributed by atoms with Crippen molar-refractivity contribution < 1.29 is 9.13 Å². The minimum Gasteiger partial charge on any atom is -0.493 e. The number of thioether (sulfide) groups is 1. The van der Waals surface area contributed by atoms with E-state index in [4.69, 9.17) is 4.74 Å². The van der Waals surface area contributed by atoms with Crippen molar-refractivity contribution >= 4 is 38.6 Å². The van der Waals surface area contributed by atoms with Gasteiger partial charge in [0.05, 0.1) is 23.2 Å². The van der Waals surface area contributed by atoms with Gasteiger partial charge in [0, 0.05) is 10.2 Å². The Hall–Kier alpha value is -2.64. The molecule has 0 radical (unpaired) electrons. The summed E-state index contributed by atoms with van der Waals surface area (Å²) in [6.07, 6.45) is 0.